The number of allylic oxidation sites excluding steroid dienone is 2. The van der Waals surface area contributed by atoms with Crippen molar-refractivity contribution in [1.82, 2.24) is 20.5 Å². The van der Waals surface area contributed by atoms with E-state index in [1.54, 1.807) is 0 Å². The van der Waals surface area contributed by atoms with Crippen molar-refractivity contribution in [3.8, 4) is 17.0 Å². The highest BCUT2D eigenvalue weighted by Crippen LogP contribution is 2.34. The maximum atomic E-state index is 14.2. The van der Waals surface area contributed by atoms with Crippen molar-refractivity contribution in [2.75, 3.05) is 13.2 Å². The average Bonchev–Trinajstić information content (AvgIpc) is 3.54. The van der Waals surface area contributed by atoms with Crippen molar-refractivity contribution in [2.45, 2.75) is 89.3 Å². The molecule has 1 fully saturated rings. The highest BCUT2D eigenvalue weighted by atomic mass is 16.5. The summed E-state index contributed by atoms with van der Waals surface area (Å²) in [5.41, 5.74) is 3.18. The number of nitrogens with one attached hydrogen (secondary N) is 2. The summed E-state index contributed by atoms with van der Waals surface area (Å²) in [4.78, 5) is 59.0. The lowest BCUT2D eigenvalue weighted by atomic mass is 10.0. The number of aliphatic carboxylic acids is 1. The zero-order valence-electron chi connectivity index (χ0n) is 28.6. The molecule has 50 heavy (non-hydrogen) atoms. The fourth-order valence-electron chi connectivity index (χ4n) is 6.48. The first-order valence-electron chi connectivity index (χ1n) is 17.5. The molecule has 264 valence electrons. The molecule has 2 aliphatic rings. The van der Waals surface area contributed by atoms with Crippen LogP contribution in [0.25, 0.3) is 22.2 Å². The molecule has 1 saturated heterocycles. The van der Waals surface area contributed by atoms with Crippen molar-refractivity contribution in [3.05, 3.63) is 84.6 Å². The molecule has 3 atom stereocenters. The number of benzene rings is 2. The SMILES string of the molecule is C=C/C=C(/NC(=O)[C@@H]1C[C@@H]2CN1C(=O)[C@H](CCCC)NC(=O)OCCCCCCCc1ccc3nc(-c4ccccc4)cc(c3c1)O2)C(=O)O. The van der Waals surface area contributed by atoms with Crippen LogP contribution in [0.15, 0.2) is 79.0 Å². The van der Waals surface area contributed by atoms with Crippen LogP contribution in [0.3, 0.4) is 0 Å². The minimum absolute atomic E-state index is 0.0357. The summed E-state index contributed by atoms with van der Waals surface area (Å²) in [6.45, 7) is 5.80. The van der Waals surface area contributed by atoms with Crippen molar-refractivity contribution in [2.24, 2.45) is 0 Å². The fraction of sp³-hybridized carbons (Fsp3) is 0.410. The van der Waals surface area contributed by atoms with Gasteiger partial charge in [-0.3, -0.25) is 9.59 Å². The van der Waals surface area contributed by atoms with E-state index in [4.69, 9.17) is 14.5 Å². The Bertz CT molecular complexity index is 1720. The molecule has 11 nitrogen and oxygen atoms in total. The Morgan fingerprint density at radius 3 is 2.62 bits per heavy atom. The molecule has 4 bridgehead atoms. The third kappa shape index (κ3) is 9.28. The van der Waals surface area contributed by atoms with E-state index in [0.29, 0.717) is 25.0 Å². The number of carboxylic acid groups (broad SMARTS) is 1. The third-order valence-electron chi connectivity index (χ3n) is 9.10. The molecule has 0 spiro atoms. The molecule has 3 heterocycles. The molecule has 0 saturated carbocycles. The molecule has 2 aromatic carbocycles. The quantitative estimate of drug-likeness (QED) is 0.185. The van der Waals surface area contributed by atoms with Gasteiger partial charge in [0.15, 0.2) is 0 Å². The molecule has 3 amide bonds. The first kappa shape index (κ1) is 36.1. The Labute approximate surface area is 292 Å². The Morgan fingerprint density at radius 2 is 1.86 bits per heavy atom. The van der Waals surface area contributed by atoms with Crippen molar-refractivity contribution < 1.29 is 33.8 Å². The number of fused-ring (bicyclic) bond motifs is 3. The Hall–Kier alpha value is -5.19. The van der Waals surface area contributed by atoms with Crippen LogP contribution in [0, 0.1) is 0 Å². The largest absolute Gasteiger partial charge is 0.488 e. The maximum Gasteiger partial charge on any atom is 0.407 e. The lowest BCUT2D eigenvalue weighted by Gasteiger charge is -2.28. The Balaban J connectivity index is 1.55. The van der Waals surface area contributed by atoms with Gasteiger partial charge in [0, 0.05) is 23.4 Å². The van der Waals surface area contributed by atoms with Crippen LogP contribution in [-0.4, -0.2) is 70.2 Å². The third-order valence-corrected chi connectivity index (χ3v) is 9.10. The number of nitrogens with zero attached hydrogens (tertiary/aromatic N) is 2. The van der Waals surface area contributed by atoms with Crippen LogP contribution in [0.2, 0.25) is 0 Å². The van der Waals surface area contributed by atoms with Gasteiger partial charge in [-0.15, -0.1) is 0 Å². The molecule has 1 aromatic heterocycles. The van der Waals surface area contributed by atoms with E-state index < -0.39 is 42.1 Å². The zero-order valence-corrected chi connectivity index (χ0v) is 28.6. The van der Waals surface area contributed by atoms with Gasteiger partial charge in [-0.2, -0.15) is 0 Å². The van der Waals surface area contributed by atoms with Crippen molar-refractivity contribution in [3.63, 3.8) is 0 Å². The molecule has 3 N–H and O–H groups in total. The molecule has 3 aromatic rings. The van der Waals surface area contributed by atoms with Crippen LogP contribution in [0.4, 0.5) is 4.79 Å². The summed E-state index contributed by atoms with van der Waals surface area (Å²) in [7, 11) is 0. The van der Waals surface area contributed by atoms with E-state index in [9.17, 15) is 24.3 Å². The van der Waals surface area contributed by atoms with Crippen molar-refractivity contribution in [1.29, 1.82) is 0 Å². The number of hydrogen-bond acceptors (Lipinski definition) is 7. The van der Waals surface area contributed by atoms with E-state index in [0.717, 1.165) is 66.2 Å². The minimum atomic E-state index is -1.34. The van der Waals surface area contributed by atoms with Gasteiger partial charge in [0.05, 0.1) is 24.4 Å². The smallest absolute Gasteiger partial charge is 0.407 e. The number of rotatable bonds is 8. The number of alkyl carbamates (subject to hydrolysis) is 1. The second-order valence-electron chi connectivity index (χ2n) is 12.8. The molecule has 2 aliphatic heterocycles. The second-order valence-corrected chi connectivity index (χ2v) is 12.8. The van der Waals surface area contributed by atoms with Gasteiger partial charge >= 0.3 is 12.1 Å². The van der Waals surface area contributed by atoms with Gasteiger partial charge in [-0.25, -0.2) is 14.6 Å². The number of carbonyl (C=O) groups is 4. The number of pyridine rings is 1. The number of carboxylic acids is 1. The van der Waals surface area contributed by atoms with Gasteiger partial charge in [-0.05, 0) is 49.5 Å². The summed E-state index contributed by atoms with van der Waals surface area (Å²) in [6, 6.07) is 15.9. The highest BCUT2D eigenvalue weighted by Gasteiger charge is 2.43. The van der Waals surface area contributed by atoms with Gasteiger partial charge < -0.3 is 30.1 Å². The van der Waals surface area contributed by atoms with Crippen LogP contribution in [0.5, 0.6) is 5.75 Å². The number of aromatic nitrogens is 1. The summed E-state index contributed by atoms with van der Waals surface area (Å²) in [5, 5.41) is 15.7. The van der Waals surface area contributed by atoms with Crippen LogP contribution >= 0.6 is 0 Å². The van der Waals surface area contributed by atoms with Gasteiger partial charge in [0.2, 0.25) is 11.8 Å². The lowest BCUT2D eigenvalue weighted by molar-refractivity contribution is -0.140. The summed E-state index contributed by atoms with van der Waals surface area (Å²) < 4.78 is 12.1. The van der Waals surface area contributed by atoms with E-state index in [1.165, 1.54) is 17.1 Å². The normalized spacial score (nSPS) is 20.8. The topological polar surface area (TPSA) is 147 Å². The van der Waals surface area contributed by atoms with E-state index in [2.05, 4.69) is 29.3 Å². The summed E-state index contributed by atoms with van der Waals surface area (Å²) in [6.07, 6.45) is 8.57. The van der Waals surface area contributed by atoms with Crippen LogP contribution < -0.4 is 15.4 Å². The molecule has 0 aliphatic carbocycles. The average molecular weight is 683 g/mol. The van der Waals surface area contributed by atoms with Crippen LogP contribution in [0.1, 0.15) is 70.3 Å². The second kappa shape index (κ2) is 17.5. The predicted molar refractivity (Wildman–Crippen MR) is 190 cm³/mol. The lowest BCUT2D eigenvalue weighted by Crippen LogP contribution is -2.53. The summed E-state index contributed by atoms with van der Waals surface area (Å²) in [5.74, 6) is -1.91. The molecule has 0 unspecified atom stereocenters. The fourth-order valence-corrected chi connectivity index (χ4v) is 6.48. The summed E-state index contributed by atoms with van der Waals surface area (Å²) >= 11 is 0. The maximum absolute atomic E-state index is 14.2. The van der Waals surface area contributed by atoms with Gasteiger partial charge in [-0.1, -0.05) is 88.1 Å². The number of unbranched alkanes of at least 4 members (excludes halogenated alkanes) is 1. The van der Waals surface area contributed by atoms with Crippen LogP contribution in [-0.2, 0) is 25.5 Å². The molecular formula is C39H46N4O7. The number of carbonyl (C=O) groups excluding carboxylic acids is 3. The van der Waals surface area contributed by atoms with E-state index >= 15 is 0 Å². The number of hydrogen-bond donors (Lipinski definition) is 3. The van der Waals surface area contributed by atoms with E-state index in [1.807, 2.05) is 49.4 Å². The van der Waals surface area contributed by atoms with Crippen molar-refractivity contribution >= 4 is 34.8 Å². The monoisotopic (exact) mass is 682 g/mol. The number of cyclic esters (lactones) is 1. The molecule has 5 rings (SSSR count). The number of amides is 3. The molecule has 0 radical (unpaired) electrons. The zero-order chi connectivity index (χ0) is 35.5. The Morgan fingerprint density at radius 1 is 1.08 bits per heavy atom. The Kier molecular flexibility index (Phi) is 12.6. The predicted octanol–water partition coefficient (Wildman–Crippen LogP) is 6.31. The number of aryl methyl sites for hydroxylation is 1. The minimum Gasteiger partial charge on any atom is -0.488 e. The molecular weight excluding hydrogens is 636 g/mol. The molecule has 11 heteroatoms. The van der Waals surface area contributed by atoms with Gasteiger partial charge in [0.25, 0.3) is 0 Å². The standard InChI is InChI=1S/C39H46N4O7/c1-3-5-18-31-37(45)43-25-28(23-34(43)36(44)41-32(14-4-2)38(46)47)50-35-24-33(27-16-11-9-12-17-27)40-30-20-19-26(22-29(30)35)15-10-7-6-8-13-21-49-39(48)42-31/h4,9,11-12,14,16-17,19-20,22,24,28,31,34H,2-3,5-8,10,13,15,18,21,23,25H2,1H3,(H,41,44)(H,42,48)(H,46,47)/b32-14+/t28-,31+,34+/m1/s1. The van der Waals surface area contributed by atoms with Gasteiger partial charge in [0.1, 0.15) is 29.6 Å². The van der Waals surface area contributed by atoms with E-state index in [-0.39, 0.29) is 25.3 Å². The first-order chi connectivity index (χ1) is 24.3. The highest BCUT2D eigenvalue weighted by molar-refractivity contribution is 5.97. The number of ether oxygens (including phenoxy) is 2. The first-order valence-corrected chi connectivity index (χ1v) is 17.5.